The minimum atomic E-state index is -1.63. The summed E-state index contributed by atoms with van der Waals surface area (Å²) in [5.74, 6) is 0. The summed E-state index contributed by atoms with van der Waals surface area (Å²) in [6.45, 7) is 0.876. The highest BCUT2D eigenvalue weighted by molar-refractivity contribution is 9.10. The third-order valence-corrected chi connectivity index (χ3v) is 4.28. The molecule has 1 aromatic rings. The maximum Gasteiger partial charge on any atom is 0.410 e. The lowest BCUT2D eigenvalue weighted by molar-refractivity contribution is 0.0195. The lowest BCUT2D eigenvalue weighted by atomic mass is 10.2. The molecule has 1 heterocycles. The molecule has 0 aromatic heterocycles. The summed E-state index contributed by atoms with van der Waals surface area (Å²) in [5, 5.41) is 0. The summed E-state index contributed by atoms with van der Waals surface area (Å²) in [5.41, 5.74) is 0.904. The SMILES string of the molecule is O=C(OCc1ccccc1)N1CCOC2C1C2(F)Br. The monoisotopic (exact) mass is 329 g/mol. The Hall–Kier alpha value is -1.14. The van der Waals surface area contributed by atoms with Crippen LogP contribution in [0, 0.1) is 0 Å². The molecule has 0 bridgehead atoms. The quantitative estimate of drug-likeness (QED) is 0.782. The number of amides is 1. The van der Waals surface area contributed by atoms with E-state index in [1.54, 1.807) is 0 Å². The largest absolute Gasteiger partial charge is 0.445 e. The summed E-state index contributed by atoms with van der Waals surface area (Å²) in [7, 11) is 0. The Morgan fingerprint density at radius 1 is 1.53 bits per heavy atom. The van der Waals surface area contributed by atoms with Crippen LogP contribution in [0.2, 0.25) is 0 Å². The van der Waals surface area contributed by atoms with Gasteiger partial charge < -0.3 is 9.47 Å². The fourth-order valence-electron chi connectivity index (χ4n) is 2.28. The van der Waals surface area contributed by atoms with Crippen molar-refractivity contribution in [1.29, 1.82) is 0 Å². The van der Waals surface area contributed by atoms with Gasteiger partial charge in [0.15, 0.2) is 0 Å². The van der Waals surface area contributed by atoms with E-state index < -0.39 is 22.8 Å². The summed E-state index contributed by atoms with van der Waals surface area (Å²) >= 11 is 2.94. The summed E-state index contributed by atoms with van der Waals surface area (Å²) in [4.78, 5) is 13.4. The third-order valence-electron chi connectivity index (χ3n) is 3.36. The number of fused-ring (bicyclic) bond motifs is 1. The van der Waals surface area contributed by atoms with E-state index in [0.29, 0.717) is 13.2 Å². The van der Waals surface area contributed by atoms with Gasteiger partial charge in [-0.25, -0.2) is 9.18 Å². The van der Waals surface area contributed by atoms with Gasteiger partial charge in [0.2, 0.25) is 4.58 Å². The number of carbonyl (C=O) groups is 1. The molecule has 0 spiro atoms. The molecule has 4 nitrogen and oxygen atoms in total. The average molecular weight is 330 g/mol. The Morgan fingerprint density at radius 3 is 3.00 bits per heavy atom. The second-order valence-corrected chi connectivity index (χ2v) is 5.86. The van der Waals surface area contributed by atoms with Crippen molar-refractivity contribution in [3.63, 3.8) is 0 Å². The van der Waals surface area contributed by atoms with E-state index in [2.05, 4.69) is 15.9 Å². The first-order valence-electron chi connectivity index (χ1n) is 6.07. The first-order valence-corrected chi connectivity index (χ1v) is 6.87. The zero-order valence-electron chi connectivity index (χ0n) is 10.1. The molecular formula is C13H13BrFNO3. The maximum absolute atomic E-state index is 13.9. The fourth-order valence-corrected chi connectivity index (χ4v) is 3.02. The molecule has 6 heteroatoms. The van der Waals surface area contributed by atoms with Crippen molar-refractivity contribution in [3.8, 4) is 0 Å². The standard InChI is InChI=1S/C13H13BrFNO3/c14-13(15)10-11(13)18-7-6-16(10)12(17)19-8-9-4-2-1-3-5-9/h1-5,10-11H,6-8H2. The van der Waals surface area contributed by atoms with Crippen molar-refractivity contribution in [2.75, 3.05) is 13.2 Å². The van der Waals surface area contributed by atoms with Crippen molar-refractivity contribution in [2.45, 2.75) is 23.3 Å². The Labute approximate surface area is 118 Å². The number of alkyl halides is 2. The van der Waals surface area contributed by atoms with E-state index in [1.807, 2.05) is 30.3 Å². The fraction of sp³-hybridized carbons (Fsp3) is 0.462. The maximum atomic E-state index is 13.9. The van der Waals surface area contributed by atoms with Crippen LogP contribution in [-0.4, -0.2) is 40.9 Å². The molecule has 1 aliphatic carbocycles. The molecular weight excluding hydrogens is 317 g/mol. The number of benzene rings is 1. The van der Waals surface area contributed by atoms with Gasteiger partial charge in [0.05, 0.1) is 6.61 Å². The number of morpholine rings is 1. The Morgan fingerprint density at radius 2 is 2.26 bits per heavy atom. The molecule has 0 N–H and O–H groups in total. The molecule has 1 saturated heterocycles. The molecule has 102 valence electrons. The molecule has 0 radical (unpaired) electrons. The molecule has 3 atom stereocenters. The zero-order valence-corrected chi connectivity index (χ0v) is 11.7. The molecule has 1 aromatic carbocycles. The van der Waals surface area contributed by atoms with Crippen molar-refractivity contribution in [1.82, 2.24) is 4.90 Å². The molecule has 2 fully saturated rings. The smallest absolute Gasteiger partial charge is 0.410 e. The molecule has 19 heavy (non-hydrogen) atoms. The first-order chi connectivity index (χ1) is 9.10. The van der Waals surface area contributed by atoms with Crippen molar-refractivity contribution in [3.05, 3.63) is 35.9 Å². The van der Waals surface area contributed by atoms with Gasteiger partial charge >= 0.3 is 6.09 Å². The molecule has 2 aliphatic rings. The summed E-state index contributed by atoms with van der Waals surface area (Å²) in [6, 6.07) is 8.81. The number of hydrogen-bond donors (Lipinski definition) is 0. The summed E-state index contributed by atoms with van der Waals surface area (Å²) < 4.78 is 22.7. The number of hydrogen-bond acceptors (Lipinski definition) is 3. The van der Waals surface area contributed by atoms with Crippen LogP contribution in [0.15, 0.2) is 30.3 Å². The van der Waals surface area contributed by atoms with Gasteiger partial charge in [0, 0.05) is 6.54 Å². The number of ether oxygens (including phenoxy) is 2. The number of rotatable bonds is 2. The van der Waals surface area contributed by atoms with E-state index >= 15 is 0 Å². The van der Waals surface area contributed by atoms with Crippen LogP contribution in [0.1, 0.15) is 5.56 Å². The number of nitrogens with zero attached hydrogens (tertiary/aromatic N) is 1. The van der Waals surface area contributed by atoms with Crippen LogP contribution < -0.4 is 0 Å². The van der Waals surface area contributed by atoms with Crippen LogP contribution in [0.3, 0.4) is 0 Å². The Balaban J connectivity index is 1.59. The van der Waals surface area contributed by atoms with E-state index in [-0.39, 0.29) is 6.61 Å². The van der Waals surface area contributed by atoms with Crippen LogP contribution in [0.4, 0.5) is 9.18 Å². The van der Waals surface area contributed by atoms with Crippen molar-refractivity contribution >= 4 is 22.0 Å². The van der Waals surface area contributed by atoms with Crippen molar-refractivity contribution in [2.24, 2.45) is 0 Å². The lowest BCUT2D eigenvalue weighted by Gasteiger charge is -2.25. The molecule has 1 saturated carbocycles. The lowest BCUT2D eigenvalue weighted by Crippen LogP contribution is -2.42. The molecule has 1 aliphatic heterocycles. The van der Waals surface area contributed by atoms with Gasteiger partial charge in [-0.05, 0) is 21.5 Å². The van der Waals surface area contributed by atoms with Crippen LogP contribution in [-0.2, 0) is 16.1 Å². The highest BCUT2D eigenvalue weighted by Crippen LogP contribution is 2.53. The van der Waals surface area contributed by atoms with Crippen LogP contribution in [0.25, 0.3) is 0 Å². The molecule has 1 amide bonds. The van der Waals surface area contributed by atoms with Crippen molar-refractivity contribution < 1.29 is 18.7 Å². The number of carbonyl (C=O) groups excluding carboxylic acids is 1. The van der Waals surface area contributed by atoms with Crippen LogP contribution >= 0.6 is 15.9 Å². The minimum absolute atomic E-state index is 0.190. The predicted octanol–water partition coefficient (Wildman–Crippen LogP) is 2.47. The van der Waals surface area contributed by atoms with E-state index in [1.165, 1.54) is 4.90 Å². The zero-order chi connectivity index (χ0) is 13.5. The van der Waals surface area contributed by atoms with Gasteiger partial charge in [0.25, 0.3) is 0 Å². The van der Waals surface area contributed by atoms with Gasteiger partial charge in [-0.15, -0.1) is 0 Å². The van der Waals surface area contributed by atoms with Gasteiger partial charge in [-0.3, -0.25) is 4.90 Å². The average Bonchev–Trinajstić information content (AvgIpc) is 3.00. The normalized spacial score (nSPS) is 32.6. The van der Waals surface area contributed by atoms with Crippen LogP contribution in [0.5, 0.6) is 0 Å². The van der Waals surface area contributed by atoms with E-state index in [0.717, 1.165) is 5.56 Å². The second kappa shape index (κ2) is 4.76. The highest BCUT2D eigenvalue weighted by Gasteiger charge is 2.72. The second-order valence-electron chi connectivity index (χ2n) is 4.64. The predicted molar refractivity (Wildman–Crippen MR) is 69.6 cm³/mol. The molecule has 3 unspecified atom stereocenters. The topological polar surface area (TPSA) is 38.8 Å². The summed E-state index contributed by atoms with van der Waals surface area (Å²) in [6.07, 6.45) is -1.08. The Bertz CT molecular complexity index is 482. The van der Waals surface area contributed by atoms with Gasteiger partial charge in [0.1, 0.15) is 18.8 Å². The van der Waals surface area contributed by atoms with E-state index in [9.17, 15) is 9.18 Å². The van der Waals surface area contributed by atoms with Gasteiger partial charge in [-0.2, -0.15) is 0 Å². The van der Waals surface area contributed by atoms with Gasteiger partial charge in [-0.1, -0.05) is 30.3 Å². The first kappa shape index (κ1) is 12.9. The third kappa shape index (κ3) is 2.34. The van der Waals surface area contributed by atoms with E-state index in [4.69, 9.17) is 9.47 Å². The molecule has 3 rings (SSSR count). The minimum Gasteiger partial charge on any atom is -0.445 e. The highest BCUT2D eigenvalue weighted by atomic mass is 79.9. The Kier molecular flexibility index (Phi) is 3.22. The number of halogens is 2.